The second-order valence-corrected chi connectivity index (χ2v) is 3.58. The van der Waals surface area contributed by atoms with Gasteiger partial charge in [0.25, 0.3) is 0 Å². The highest BCUT2D eigenvalue weighted by Crippen LogP contribution is 2.27. The molecule has 1 aromatic carbocycles. The quantitative estimate of drug-likeness (QED) is 0.608. The highest BCUT2D eigenvalue weighted by Gasteiger charge is 2.14. The molecule has 1 atom stereocenters. The summed E-state index contributed by atoms with van der Waals surface area (Å²) in [6, 6.07) is 6.42. The molecule has 1 unspecified atom stereocenters. The monoisotopic (exact) mass is 192 g/mol. The summed E-state index contributed by atoms with van der Waals surface area (Å²) in [6.07, 6.45) is 2.70. The number of benzene rings is 1. The van der Waals surface area contributed by atoms with Gasteiger partial charge in [-0.1, -0.05) is 31.5 Å². The molecule has 0 saturated heterocycles. The summed E-state index contributed by atoms with van der Waals surface area (Å²) in [6.45, 7) is 8.25. The molecule has 0 N–H and O–H groups in total. The molecule has 1 aliphatic rings. The third kappa shape index (κ3) is 2.50. The summed E-state index contributed by atoms with van der Waals surface area (Å²) in [4.78, 5) is 0. The number of fused-ring (bicyclic) bond motifs is 1. The van der Waals surface area contributed by atoms with Gasteiger partial charge in [0, 0.05) is 0 Å². The fraction of sp³-hybridized carbons (Fsp3) is 0.538. The van der Waals surface area contributed by atoms with Crippen LogP contribution in [0.1, 0.15) is 38.3 Å². The molecule has 1 aromatic rings. The van der Waals surface area contributed by atoms with Crippen molar-refractivity contribution in [2.45, 2.75) is 46.6 Å². The molecule has 0 aliphatic carbocycles. The van der Waals surface area contributed by atoms with Crippen molar-refractivity contribution in [2.24, 2.45) is 0 Å². The van der Waals surface area contributed by atoms with E-state index in [1.807, 2.05) is 13.8 Å². The zero-order valence-corrected chi connectivity index (χ0v) is 9.63. The number of hydrogen-bond donors (Lipinski definition) is 0. The lowest BCUT2D eigenvalue weighted by molar-refractivity contribution is 0.192. The Bertz CT molecular complexity index is 291. The Labute approximate surface area is 87.1 Å². The molecule has 0 aromatic heterocycles. The lowest BCUT2D eigenvalue weighted by Gasteiger charge is -2.23. The first-order chi connectivity index (χ1) is 6.75. The molecule has 0 saturated carbocycles. The number of aryl methyl sites for hydroxylation is 2. The summed E-state index contributed by atoms with van der Waals surface area (Å²) in [7, 11) is 0. The molecule has 1 aliphatic heterocycles. The lowest BCUT2D eigenvalue weighted by atomic mass is 10.0. The normalized spacial score (nSPS) is 18.7. The van der Waals surface area contributed by atoms with Gasteiger partial charge in [-0.15, -0.1) is 0 Å². The molecule has 1 heterocycles. The van der Waals surface area contributed by atoms with Crippen molar-refractivity contribution in [2.75, 3.05) is 0 Å². The first-order valence-electron chi connectivity index (χ1n) is 5.52. The van der Waals surface area contributed by atoms with Crippen LogP contribution in [0.3, 0.4) is 0 Å². The summed E-state index contributed by atoms with van der Waals surface area (Å²) >= 11 is 0. The third-order valence-corrected chi connectivity index (χ3v) is 2.36. The highest BCUT2D eigenvalue weighted by molar-refractivity contribution is 5.38. The Balaban J connectivity index is 0.000000461. The van der Waals surface area contributed by atoms with Gasteiger partial charge in [-0.25, -0.2) is 0 Å². The molecular weight excluding hydrogens is 172 g/mol. The molecule has 2 rings (SSSR count). The van der Waals surface area contributed by atoms with Crippen LogP contribution in [0.5, 0.6) is 5.75 Å². The zero-order valence-electron chi connectivity index (χ0n) is 9.63. The summed E-state index contributed by atoms with van der Waals surface area (Å²) in [5.74, 6) is 1.08. The maximum atomic E-state index is 5.69. The van der Waals surface area contributed by atoms with Crippen molar-refractivity contribution in [3.05, 3.63) is 29.3 Å². The van der Waals surface area contributed by atoms with Gasteiger partial charge in [0.15, 0.2) is 0 Å². The molecule has 0 radical (unpaired) electrons. The Morgan fingerprint density at radius 3 is 2.71 bits per heavy atom. The third-order valence-electron chi connectivity index (χ3n) is 2.36. The van der Waals surface area contributed by atoms with Crippen LogP contribution >= 0.6 is 0 Å². The van der Waals surface area contributed by atoms with Gasteiger partial charge in [0.05, 0.1) is 6.10 Å². The van der Waals surface area contributed by atoms with Crippen LogP contribution in [0.25, 0.3) is 0 Å². The van der Waals surface area contributed by atoms with Crippen LogP contribution in [0.2, 0.25) is 0 Å². The predicted molar refractivity (Wildman–Crippen MR) is 60.9 cm³/mol. The Morgan fingerprint density at radius 2 is 2.00 bits per heavy atom. The van der Waals surface area contributed by atoms with Gasteiger partial charge in [-0.05, 0) is 38.3 Å². The molecule has 1 nitrogen and oxygen atoms in total. The second-order valence-electron chi connectivity index (χ2n) is 3.58. The highest BCUT2D eigenvalue weighted by atomic mass is 16.5. The van der Waals surface area contributed by atoms with E-state index >= 15 is 0 Å². The minimum absolute atomic E-state index is 0.389. The average molecular weight is 192 g/mol. The molecule has 1 heteroatoms. The van der Waals surface area contributed by atoms with Crippen LogP contribution < -0.4 is 4.74 Å². The minimum Gasteiger partial charge on any atom is -0.490 e. The molecule has 0 fully saturated rings. The molecule has 14 heavy (non-hydrogen) atoms. The summed E-state index contributed by atoms with van der Waals surface area (Å²) in [5.41, 5.74) is 2.69. The lowest BCUT2D eigenvalue weighted by Crippen LogP contribution is -2.18. The van der Waals surface area contributed by atoms with Crippen LogP contribution in [-0.4, -0.2) is 6.10 Å². The van der Waals surface area contributed by atoms with Crippen LogP contribution in [0, 0.1) is 6.92 Å². The van der Waals surface area contributed by atoms with Gasteiger partial charge in [-0.3, -0.25) is 0 Å². The molecule has 0 amide bonds. The Kier molecular flexibility index (Phi) is 3.99. The van der Waals surface area contributed by atoms with Gasteiger partial charge >= 0.3 is 0 Å². The predicted octanol–water partition coefficient (Wildman–Crippen LogP) is 3.73. The fourth-order valence-corrected chi connectivity index (χ4v) is 1.65. The van der Waals surface area contributed by atoms with E-state index in [4.69, 9.17) is 4.74 Å². The molecule has 0 bridgehead atoms. The largest absolute Gasteiger partial charge is 0.490 e. The number of rotatable bonds is 0. The van der Waals surface area contributed by atoms with Gasteiger partial charge in [0.1, 0.15) is 5.75 Å². The van der Waals surface area contributed by atoms with Gasteiger partial charge in [-0.2, -0.15) is 0 Å². The first kappa shape index (κ1) is 11.1. The summed E-state index contributed by atoms with van der Waals surface area (Å²) < 4.78 is 5.69. The van der Waals surface area contributed by atoms with E-state index in [0.29, 0.717) is 6.10 Å². The van der Waals surface area contributed by atoms with Crippen molar-refractivity contribution >= 4 is 0 Å². The van der Waals surface area contributed by atoms with Crippen molar-refractivity contribution in [1.82, 2.24) is 0 Å². The fourth-order valence-electron chi connectivity index (χ4n) is 1.65. The van der Waals surface area contributed by atoms with Crippen molar-refractivity contribution in [1.29, 1.82) is 0 Å². The van der Waals surface area contributed by atoms with E-state index in [9.17, 15) is 0 Å². The van der Waals surface area contributed by atoms with E-state index in [-0.39, 0.29) is 0 Å². The van der Waals surface area contributed by atoms with Crippen LogP contribution in [0.4, 0.5) is 0 Å². The van der Waals surface area contributed by atoms with Crippen molar-refractivity contribution in [3.63, 3.8) is 0 Å². The molecule has 0 spiro atoms. The van der Waals surface area contributed by atoms with E-state index in [1.54, 1.807) is 0 Å². The van der Waals surface area contributed by atoms with Crippen molar-refractivity contribution in [3.8, 4) is 5.75 Å². The maximum absolute atomic E-state index is 5.69. The van der Waals surface area contributed by atoms with E-state index in [1.165, 1.54) is 11.1 Å². The zero-order chi connectivity index (χ0) is 10.6. The number of ether oxygens (including phenoxy) is 1. The SMILES string of the molecule is CC.Cc1ccc2c(c1)CCC(C)O2. The van der Waals surface area contributed by atoms with E-state index in [2.05, 4.69) is 32.0 Å². The number of hydrogen-bond acceptors (Lipinski definition) is 1. The second kappa shape index (κ2) is 5.04. The smallest absolute Gasteiger partial charge is 0.122 e. The molecular formula is C13H20O. The maximum Gasteiger partial charge on any atom is 0.122 e. The van der Waals surface area contributed by atoms with Crippen molar-refractivity contribution < 1.29 is 4.74 Å². The molecule has 78 valence electrons. The van der Waals surface area contributed by atoms with Crippen LogP contribution in [0.15, 0.2) is 18.2 Å². The van der Waals surface area contributed by atoms with E-state index < -0.39 is 0 Å². The topological polar surface area (TPSA) is 9.23 Å². The minimum atomic E-state index is 0.389. The standard InChI is InChI=1S/C11H14O.C2H6/c1-8-3-6-11-10(7-8)5-4-9(2)12-11;1-2/h3,6-7,9H,4-5H2,1-2H3;1-2H3. The van der Waals surface area contributed by atoms with E-state index in [0.717, 1.165) is 18.6 Å². The van der Waals surface area contributed by atoms with Gasteiger partial charge in [0.2, 0.25) is 0 Å². The Morgan fingerprint density at radius 1 is 1.29 bits per heavy atom. The first-order valence-corrected chi connectivity index (χ1v) is 5.52. The van der Waals surface area contributed by atoms with Gasteiger partial charge < -0.3 is 4.74 Å². The van der Waals surface area contributed by atoms with Crippen LogP contribution in [-0.2, 0) is 6.42 Å². The average Bonchev–Trinajstić information content (AvgIpc) is 2.21. The Hall–Kier alpha value is -0.980. The summed E-state index contributed by atoms with van der Waals surface area (Å²) in [5, 5.41) is 0.